The van der Waals surface area contributed by atoms with Gasteiger partial charge in [0.05, 0.1) is 0 Å². The van der Waals surface area contributed by atoms with E-state index in [1.165, 1.54) is 19.4 Å². The third-order valence-corrected chi connectivity index (χ3v) is 3.93. The maximum atomic E-state index is 6.20. The largest absolute Gasteiger partial charge is 0.324 e. The van der Waals surface area contributed by atoms with Crippen molar-refractivity contribution in [1.29, 1.82) is 0 Å². The minimum atomic E-state index is 0.0986. The second-order valence-corrected chi connectivity index (χ2v) is 5.41. The summed E-state index contributed by atoms with van der Waals surface area (Å²) in [6, 6.07) is 8.71. The Balaban J connectivity index is 1.86. The molecule has 0 bridgehead atoms. The molecular formula is C14H21ClN2. The first kappa shape index (κ1) is 12.9. The van der Waals surface area contributed by atoms with Crippen molar-refractivity contribution in [2.24, 2.45) is 5.73 Å². The van der Waals surface area contributed by atoms with E-state index < -0.39 is 0 Å². The molecule has 2 unspecified atom stereocenters. The first-order chi connectivity index (χ1) is 8.16. The molecule has 1 heterocycles. The van der Waals surface area contributed by atoms with Crippen molar-refractivity contribution in [3.05, 3.63) is 34.9 Å². The van der Waals surface area contributed by atoms with Gasteiger partial charge in [-0.2, -0.15) is 0 Å². The van der Waals surface area contributed by atoms with Crippen molar-refractivity contribution in [2.45, 2.75) is 38.3 Å². The Labute approximate surface area is 109 Å². The van der Waals surface area contributed by atoms with Crippen molar-refractivity contribution in [1.82, 2.24) is 4.90 Å². The topological polar surface area (TPSA) is 29.3 Å². The predicted octanol–water partition coefficient (Wildman–Crippen LogP) is 3.21. The lowest BCUT2D eigenvalue weighted by Gasteiger charge is -2.23. The SMILES string of the molecule is CC1CCCN1CCC(N)c1cccc(Cl)c1. The Kier molecular flexibility index (Phi) is 4.43. The first-order valence-corrected chi connectivity index (χ1v) is 6.79. The Morgan fingerprint density at radius 1 is 1.53 bits per heavy atom. The molecule has 3 heteroatoms. The second-order valence-electron chi connectivity index (χ2n) is 4.98. The average molecular weight is 253 g/mol. The van der Waals surface area contributed by atoms with Crippen molar-refractivity contribution in [3.63, 3.8) is 0 Å². The Morgan fingerprint density at radius 2 is 2.35 bits per heavy atom. The van der Waals surface area contributed by atoms with Crippen LogP contribution in [-0.2, 0) is 0 Å². The van der Waals surface area contributed by atoms with E-state index >= 15 is 0 Å². The fourth-order valence-corrected chi connectivity index (χ4v) is 2.73. The van der Waals surface area contributed by atoms with Crippen LogP contribution < -0.4 is 5.73 Å². The van der Waals surface area contributed by atoms with E-state index in [4.69, 9.17) is 17.3 Å². The van der Waals surface area contributed by atoms with E-state index in [2.05, 4.69) is 17.9 Å². The minimum absolute atomic E-state index is 0.0986. The summed E-state index contributed by atoms with van der Waals surface area (Å²) in [6.45, 7) is 4.62. The van der Waals surface area contributed by atoms with Gasteiger partial charge in [0, 0.05) is 23.7 Å². The lowest BCUT2D eigenvalue weighted by molar-refractivity contribution is 0.258. The van der Waals surface area contributed by atoms with Crippen molar-refractivity contribution in [3.8, 4) is 0 Å². The number of nitrogens with two attached hydrogens (primary N) is 1. The molecule has 0 aliphatic carbocycles. The highest BCUT2D eigenvalue weighted by Gasteiger charge is 2.20. The maximum Gasteiger partial charge on any atom is 0.0409 e. The van der Waals surface area contributed by atoms with Crippen LogP contribution in [0.1, 0.15) is 37.8 Å². The van der Waals surface area contributed by atoms with Crippen LogP contribution in [0.5, 0.6) is 0 Å². The second kappa shape index (κ2) is 5.85. The number of rotatable bonds is 4. The molecule has 0 radical (unpaired) electrons. The minimum Gasteiger partial charge on any atom is -0.324 e. The molecule has 0 amide bonds. The zero-order chi connectivity index (χ0) is 12.3. The Bertz CT molecular complexity index is 367. The highest BCUT2D eigenvalue weighted by Crippen LogP contribution is 2.21. The van der Waals surface area contributed by atoms with Crippen LogP contribution in [0.4, 0.5) is 0 Å². The summed E-state index contributed by atoms with van der Waals surface area (Å²) in [6.07, 6.45) is 3.66. The summed E-state index contributed by atoms with van der Waals surface area (Å²) >= 11 is 5.97. The number of likely N-dealkylation sites (tertiary alicyclic amines) is 1. The standard InChI is InChI=1S/C14H21ClN2/c1-11-4-3-8-17(11)9-7-14(16)12-5-2-6-13(15)10-12/h2,5-6,10-11,14H,3-4,7-9,16H2,1H3. The maximum absolute atomic E-state index is 6.20. The smallest absolute Gasteiger partial charge is 0.0409 e. The summed E-state index contributed by atoms with van der Waals surface area (Å²) in [5.74, 6) is 0. The van der Waals surface area contributed by atoms with Crippen LogP contribution in [-0.4, -0.2) is 24.0 Å². The van der Waals surface area contributed by atoms with E-state index in [0.29, 0.717) is 0 Å². The van der Waals surface area contributed by atoms with Gasteiger partial charge in [0.25, 0.3) is 0 Å². The van der Waals surface area contributed by atoms with Gasteiger partial charge in [-0.05, 0) is 50.4 Å². The monoisotopic (exact) mass is 252 g/mol. The molecule has 1 saturated heterocycles. The van der Waals surface area contributed by atoms with E-state index in [1.54, 1.807) is 0 Å². The molecule has 0 spiro atoms. The molecule has 0 saturated carbocycles. The summed E-state index contributed by atoms with van der Waals surface area (Å²) < 4.78 is 0. The number of nitrogens with zero attached hydrogens (tertiary/aromatic N) is 1. The lowest BCUT2D eigenvalue weighted by Crippen LogP contribution is -2.30. The Morgan fingerprint density at radius 3 is 3.00 bits per heavy atom. The zero-order valence-electron chi connectivity index (χ0n) is 10.4. The van der Waals surface area contributed by atoms with Crippen LogP contribution in [0, 0.1) is 0 Å². The summed E-state index contributed by atoms with van der Waals surface area (Å²) in [4.78, 5) is 2.53. The van der Waals surface area contributed by atoms with E-state index in [0.717, 1.165) is 29.6 Å². The van der Waals surface area contributed by atoms with Crippen LogP contribution in [0.15, 0.2) is 24.3 Å². The Hall–Kier alpha value is -0.570. The van der Waals surface area contributed by atoms with Crippen LogP contribution in [0.3, 0.4) is 0 Å². The van der Waals surface area contributed by atoms with Crippen molar-refractivity contribution < 1.29 is 0 Å². The number of benzene rings is 1. The fraction of sp³-hybridized carbons (Fsp3) is 0.571. The van der Waals surface area contributed by atoms with Crippen LogP contribution >= 0.6 is 11.6 Å². The molecule has 0 aromatic heterocycles. The third-order valence-electron chi connectivity index (χ3n) is 3.69. The van der Waals surface area contributed by atoms with Gasteiger partial charge in [0.2, 0.25) is 0 Å². The number of hydrogen-bond acceptors (Lipinski definition) is 2. The molecule has 2 N–H and O–H groups in total. The molecule has 2 rings (SSSR count). The highest BCUT2D eigenvalue weighted by atomic mass is 35.5. The van der Waals surface area contributed by atoms with Gasteiger partial charge in [-0.25, -0.2) is 0 Å². The quantitative estimate of drug-likeness (QED) is 0.892. The first-order valence-electron chi connectivity index (χ1n) is 6.42. The molecule has 17 heavy (non-hydrogen) atoms. The van der Waals surface area contributed by atoms with Gasteiger partial charge < -0.3 is 10.6 Å². The summed E-state index contributed by atoms with van der Waals surface area (Å²) in [5, 5.41) is 0.771. The van der Waals surface area contributed by atoms with Gasteiger partial charge in [0.1, 0.15) is 0 Å². The van der Waals surface area contributed by atoms with Gasteiger partial charge in [0.15, 0.2) is 0 Å². The molecule has 94 valence electrons. The van der Waals surface area contributed by atoms with E-state index in [9.17, 15) is 0 Å². The summed E-state index contributed by atoms with van der Waals surface area (Å²) in [7, 11) is 0. The molecule has 1 aromatic rings. The van der Waals surface area contributed by atoms with Gasteiger partial charge in [-0.1, -0.05) is 23.7 Å². The zero-order valence-corrected chi connectivity index (χ0v) is 11.2. The highest BCUT2D eigenvalue weighted by molar-refractivity contribution is 6.30. The van der Waals surface area contributed by atoms with E-state index in [1.807, 2.05) is 18.2 Å². The average Bonchev–Trinajstić information content (AvgIpc) is 2.72. The van der Waals surface area contributed by atoms with Gasteiger partial charge in [-0.3, -0.25) is 0 Å². The molecule has 1 fully saturated rings. The summed E-state index contributed by atoms with van der Waals surface area (Å²) in [5.41, 5.74) is 7.35. The third kappa shape index (κ3) is 3.44. The van der Waals surface area contributed by atoms with Gasteiger partial charge in [-0.15, -0.1) is 0 Å². The number of hydrogen-bond donors (Lipinski definition) is 1. The van der Waals surface area contributed by atoms with Crippen molar-refractivity contribution >= 4 is 11.6 Å². The lowest BCUT2D eigenvalue weighted by atomic mass is 10.0. The number of halogens is 1. The molecule has 1 aliphatic rings. The van der Waals surface area contributed by atoms with Crippen LogP contribution in [0.25, 0.3) is 0 Å². The molecule has 1 aromatic carbocycles. The molecule has 2 nitrogen and oxygen atoms in total. The predicted molar refractivity (Wildman–Crippen MR) is 73.3 cm³/mol. The van der Waals surface area contributed by atoms with E-state index in [-0.39, 0.29) is 6.04 Å². The van der Waals surface area contributed by atoms with Gasteiger partial charge >= 0.3 is 0 Å². The fourth-order valence-electron chi connectivity index (χ4n) is 2.53. The molecule has 2 atom stereocenters. The molecule has 1 aliphatic heterocycles. The van der Waals surface area contributed by atoms with Crippen molar-refractivity contribution in [2.75, 3.05) is 13.1 Å². The molecular weight excluding hydrogens is 232 g/mol. The normalized spacial score (nSPS) is 22.9. The van der Waals surface area contributed by atoms with Crippen LogP contribution in [0.2, 0.25) is 5.02 Å².